The average molecular weight is 390 g/mol. The van der Waals surface area contributed by atoms with E-state index in [1.54, 1.807) is 0 Å². The van der Waals surface area contributed by atoms with E-state index in [4.69, 9.17) is 4.99 Å². The molecule has 0 amide bonds. The highest BCUT2D eigenvalue weighted by molar-refractivity contribution is 5.79. The number of nitrogens with one attached hydrogen (secondary N) is 1. The predicted octanol–water partition coefficient (Wildman–Crippen LogP) is 3.88. The Morgan fingerprint density at radius 2 is 1.86 bits per heavy atom. The molecule has 1 aromatic heterocycles. The maximum atomic E-state index is 4.84. The van der Waals surface area contributed by atoms with E-state index in [-0.39, 0.29) is 0 Å². The molecule has 0 bridgehead atoms. The Morgan fingerprint density at radius 1 is 1.10 bits per heavy atom. The van der Waals surface area contributed by atoms with E-state index < -0.39 is 0 Å². The first kappa shape index (κ1) is 20.6. The number of guanidine groups is 1. The van der Waals surface area contributed by atoms with Gasteiger partial charge in [0.2, 0.25) is 0 Å². The zero-order valence-corrected chi connectivity index (χ0v) is 17.7. The molecule has 1 N–H and O–H groups in total. The van der Waals surface area contributed by atoms with Gasteiger partial charge in [-0.05, 0) is 30.5 Å². The molecule has 3 rings (SSSR count). The lowest BCUT2D eigenvalue weighted by molar-refractivity contribution is 0.475. The van der Waals surface area contributed by atoms with Gasteiger partial charge in [0, 0.05) is 52.0 Å². The van der Waals surface area contributed by atoms with Crippen LogP contribution in [-0.4, -0.2) is 40.5 Å². The molecular formula is C24H31N5. The van der Waals surface area contributed by atoms with Gasteiger partial charge in [0.25, 0.3) is 0 Å². The summed E-state index contributed by atoms with van der Waals surface area (Å²) in [5.41, 5.74) is 3.90. The largest absolute Gasteiger partial charge is 0.357 e. The summed E-state index contributed by atoms with van der Waals surface area (Å²) < 4.78 is 2.20. The van der Waals surface area contributed by atoms with Crippen LogP contribution in [0.5, 0.6) is 0 Å². The summed E-state index contributed by atoms with van der Waals surface area (Å²) in [5.74, 6) is 1.99. The molecule has 3 aromatic rings. The molecule has 0 radical (unpaired) electrons. The van der Waals surface area contributed by atoms with E-state index in [9.17, 15) is 0 Å². The minimum Gasteiger partial charge on any atom is -0.357 e. The highest BCUT2D eigenvalue weighted by Crippen LogP contribution is 2.10. The lowest BCUT2D eigenvalue weighted by Crippen LogP contribution is -2.38. The van der Waals surface area contributed by atoms with Crippen LogP contribution in [0.1, 0.15) is 29.4 Å². The Labute approximate surface area is 174 Å². The fourth-order valence-electron chi connectivity index (χ4n) is 3.34. The van der Waals surface area contributed by atoms with Crippen molar-refractivity contribution in [3.63, 3.8) is 0 Å². The monoisotopic (exact) mass is 389 g/mol. The molecule has 0 fully saturated rings. The Hall–Kier alpha value is -3.08. The molecule has 0 saturated heterocycles. The molecule has 1 heterocycles. The maximum Gasteiger partial charge on any atom is 0.193 e. The number of benzene rings is 2. The summed E-state index contributed by atoms with van der Waals surface area (Å²) in [6.07, 6.45) is 4.73. The standard InChI is InChI=1S/C24H31N5/c1-4-25-24(28(3)19-22-13-9-8-10-20(22)2)27-15-14-23-26-16-17-29(23)18-21-11-6-5-7-12-21/h5-13,16-17H,4,14-15,18-19H2,1-3H3,(H,25,27). The Bertz CT molecular complexity index is 914. The smallest absolute Gasteiger partial charge is 0.193 e. The highest BCUT2D eigenvalue weighted by Gasteiger charge is 2.09. The number of imidazole rings is 1. The highest BCUT2D eigenvalue weighted by atomic mass is 15.3. The van der Waals surface area contributed by atoms with Crippen molar-refractivity contribution >= 4 is 5.96 Å². The third kappa shape index (κ3) is 5.95. The summed E-state index contributed by atoms with van der Waals surface area (Å²) >= 11 is 0. The van der Waals surface area contributed by atoms with E-state index in [1.165, 1.54) is 16.7 Å². The summed E-state index contributed by atoms with van der Waals surface area (Å²) in [7, 11) is 2.09. The lowest BCUT2D eigenvalue weighted by atomic mass is 10.1. The molecular weight excluding hydrogens is 358 g/mol. The van der Waals surface area contributed by atoms with E-state index in [2.05, 4.69) is 89.2 Å². The molecule has 0 aliphatic heterocycles. The number of hydrogen-bond donors (Lipinski definition) is 1. The number of rotatable bonds is 8. The topological polar surface area (TPSA) is 45.5 Å². The van der Waals surface area contributed by atoms with Crippen molar-refractivity contribution in [3.8, 4) is 0 Å². The van der Waals surface area contributed by atoms with Crippen molar-refractivity contribution in [1.29, 1.82) is 0 Å². The first-order chi connectivity index (χ1) is 14.2. The minimum atomic E-state index is 0.701. The summed E-state index contributed by atoms with van der Waals surface area (Å²) in [6.45, 7) is 7.48. The quantitative estimate of drug-likeness (QED) is 0.470. The fraction of sp³-hybridized carbons (Fsp3) is 0.333. The molecule has 2 aromatic carbocycles. The third-order valence-corrected chi connectivity index (χ3v) is 4.96. The summed E-state index contributed by atoms with van der Waals surface area (Å²) in [4.78, 5) is 11.6. The summed E-state index contributed by atoms with van der Waals surface area (Å²) in [6, 6.07) is 19.0. The molecule has 0 aliphatic rings. The number of nitrogens with zero attached hydrogens (tertiary/aromatic N) is 4. The van der Waals surface area contributed by atoms with Crippen molar-refractivity contribution in [2.24, 2.45) is 4.99 Å². The first-order valence-electron chi connectivity index (χ1n) is 10.2. The molecule has 5 heteroatoms. The second-order valence-electron chi connectivity index (χ2n) is 7.23. The van der Waals surface area contributed by atoms with Gasteiger partial charge in [-0.25, -0.2) is 4.98 Å². The Morgan fingerprint density at radius 3 is 2.62 bits per heavy atom. The molecule has 5 nitrogen and oxygen atoms in total. The van der Waals surface area contributed by atoms with Gasteiger partial charge in [-0.1, -0.05) is 54.6 Å². The molecule has 0 saturated carbocycles. The predicted molar refractivity (Wildman–Crippen MR) is 120 cm³/mol. The van der Waals surface area contributed by atoms with Crippen LogP contribution in [0.15, 0.2) is 72.0 Å². The number of hydrogen-bond acceptors (Lipinski definition) is 2. The van der Waals surface area contributed by atoms with Crippen LogP contribution < -0.4 is 5.32 Å². The van der Waals surface area contributed by atoms with Crippen LogP contribution in [0.2, 0.25) is 0 Å². The second-order valence-corrected chi connectivity index (χ2v) is 7.23. The van der Waals surface area contributed by atoms with Gasteiger partial charge in [-0.15, -0.1) is 0 Å². The first-order valence-corrected chi connectivity index (χ1v) is 10.2. The van der Waals surface area contributed by atoms with E-state index >= 15 is 0 Å². The van der Waals surface area contributed by atoms with Crippen molar-refractivity contribution in [3.05, 3.63) is 89.5 Å². The van der Waals surface area contributed by atoms with Gasteiger partial charge in [0.05, 0.1) is 0 Å². The molecule has 0 spiro atoms. The van der Waals surface area contributed by atoms with Crippen LogP contribution in [0.25, 0.3) is 0 Å². The van der Waals surface area contributed by atoms with Crippen LogP contribution in [0, 0.1) is 6.92 Å². The van der Waals surface area contributed by atoms with Gasteiger partial charge in [0.1, 0.15) is 5.82 Å². The van der Waals surface area contributed by atoms with Crippen LogP contribution >= 0.6 is 0 Å². The van der Waals surface area contributed by atoms with Crippen molar-refractivity contribution in [2.45, 2.75) is 33.4 Å². The SMILES string of the molecule is CCNC(=NCCc1nccn1Cc1ccccc1)N(C)Cc1ccccc1C. The molecule has 0 aliphatic carbocycles. The molecule has 152 valence electrons. The zero-order chi connectivity index (χ0) is 20.5. The maximum absolute atomic E-state index is 4.84. The van der Waals surface area contributed by atoms with Gasteiger partial charge in [-0.3, -0.25) is 4.99 Å². The third-order valence-electron chi connectivity index (χ3n) is 4.96. The Kier molecular flexibility index (Phi) is 7.45. The van der Waals surface area contributed by atoms with Crippen molar-refractivity contribution in [2.75, 3.05) is 20.1 Å². The number of aliphatic imine (C=N–C) groups is 1. The fourth-order valence-corrected chi connectivity index (χ4v) is 3.34. The summed E-state index contributed by atoms with van der Waals surface area (Å²) in [5, 5.41) is 3.41. The van der Waals surface area contributed by atoms with Gasteiger partial charge in [-0.2, -0.15) is 0 Å². The van der Waals surface area contributed by atoms with Gasteiger partial charge < -0.3 is 14.8 Å². The van der Waals surface area contributed by atoms with E-state index in [1.807, 2.05) is 18.5 Å². The lowest BCUT2D eigenvalue weighted by Gasteiger charge is -2.23. The van der Waals surface area contributed by atoms with Crippen molar-refractivity contribution < 1.29 is 0 Å². The van der Waals surface area contributed by atoms with Gasteiger partial charge in [0.15, 0.2) is 5.96 Å². The second kappa shape index (κ2) is 10.5. The molecule has 29 heavy (non-hydrogen) atoms. The molecule has 0 atom stereocenters. The minimum absolute atomic E-state index is 0.701. The average Bonchev–Trinajstić information content (AvgIpc) is 3.16. The normalized spacial score (nSPS) is 11.5. The molecule has 0 unspecified atom stereocenters. The van der Waals surface area contributed by atoms with Gasteiger partial charge >= 0.3 is 0 Å². The van der Waals surface area contributed by atoms with Crippen LogP contribution in [0.4, 0.5) is 0 Å². The Balaban J connectivity index is 1.62. The van der Waals surface area contributed by atoms with Crippen LogP contribution in [0.3, 0.4) is 0 Å². The number of aromatic nitrogens is 2. The van der Waals surface area contributed by atoms with Crippen molar-refractivity contribution in [1.82, 2.24) is 19.8 Å². The number of aryl methyl sites for hydroxylation is 1. The van der Waals surface area contributed by atoms with E-state index in [0.29, 0.717) is 6.54 Å². The zero-order valence-electron chi connectivity index (χ0n) is 17.7. The van der Waals surface area contributed by atoms with E-state index in [0.717, 1.165) is 37.8 Å². The van der Waals surface area contributed by atoms with Crippen LogP contribution in [-0.2, 0) is 19.5 Å².